The van der Waals surface area contributed by atoms with Crippen molar-refractivity contribution < 1.29 is 14.3 Å². The van der Waals surface area contributed by atoms with E-state index in [2.05, 4.69) is 4.74 Å². The molecule has 0 saturated carbocycles. The molecular formula is C7H11NO3S. The monoisotopic (exact) mass is 189 g/mol. The van der Waals surface area contributed by atoms with Gasteiger partial charge in [0.05, 0.1) is 13.0 Å². The Bertz CT molecular complexity index is 207. The van der Waals surface area contributed by atoms with E-state index >= 15 is 0 Å². The third-order valence-corrected chi connectivity index (χ3v) is 2.77. The number of hydrogen-bond acceptors (Lipinski definition) is 4. The van der Waals surface area contributed by atoms with Crippen molar-refractivity contribution in [3.8, 4) is 0 Å². The quantitative estimate of drug-likeness (QED) is 0.548. The minimum Gasteiger partial charge on any atom is -0.467 e. The van der Waals surface area contributed by atoms with Gasteiger partial charge in [-0.25, -0.2) is 4.79 Å². The summed E-state index contributed by atoms with van der Waals surface area (Å²) in [7, 11) is 1.34. The van der Waals surface area contributed by atoms with Gasteiger partial charge in [0.15, 0.2) is 0 Å². The molecule has 1 unspecified atom stereocenters. The maximum absolute atomic E-state index is 11.1. The third kappa shape index (κ3) is 1.72. The SMILES string of the molecule is COC(=O)C1CSCN1C(C)=O. The predicted octanol–water partition coefficient (Wildman–Crippen LogP) is 0.0808. The summed E-state index contributed by atoms with van der Waals surface area (Å²) in [5.74, 6) is 0.840. The van der Waals surface area contributed by atoms with Crippen molar-refractivity contribution in [1.82, 2.24) is 4.90 Å². The maximum Gasteiger partial charge on any atom is 0.329 e. The first kappa shape index (κ1) is 9.38. The van der Waals surface area contributed by atoms with Gasteiger partial charge in [0, 0.05) is 12.7 Å². The average molecular weight is 189 g/mol. The zero-order valence-electron chi connectivity index (χ0n) is 7.07. The van der Waals surface area contributed by atoms with Crippen LogP contribution in [0.4, 0.5) is 0 Å². The number of carbonyl (C=O) groups excluding carboxylic acids is 2. The van der Waals surface area contributed by atoms with Crippen molar-refractivity contribution in [1.29, 1.82) is 0 Å². The summed E-state index contributed by atoms with van der Waals surface area (Å²) in [6.45, 7) is 1.46. The van der Waals surface area contributed by atoms with E-state index in [9.17, 15) is 9.59 Å². The number of esters is 1. The van der Waals surface area contributed by atoms with E-state index < -0.39 is 0 Å². The van der Waals surface area contributed by atoms with Crippen LogP contribution >= 0.6 is 11.8 Å². The first-order valence-corrected chi connectivity index (χ1v) is 4.75. The van der Waals surface area contributed by atoms with Gasteiger partial charge in [-0.15, -0.1) is 11.8 Å². The second-order valence-electron chi connectivity index (χ2n) is 2.53. The molecule has 68 valence electrons. The van der Waals surface area contributed by atoms with E-state index in [1.165, 1.54) is 18.9 Å². The van der Waals surface area contributed by atoms with Crippen LogP contribution in [0.5, 0.6) is 0 Å². The highest BCUT2D eigenvalue weighted by Gasteiger charge is 2.33. The molecule has 0 aromatic heterocycles. The van der Waals surface area contributed by atoms with Crippen LogP contribution in [0, 0.1) is 0 Å². The maximum atomic E-state index is 11.1. The smallest absolute Gasteiger partial charge is 0.329 e. The molecule has 12 heavy (non-hydrogen) atoms. The van der Waals surface area contributed by atoms with E-state index in [1.807, 2.05) is 0 Å². The molecule has 0 spiro atoms. The molecule has 1 heterocycles. The largest absolute Gasteiger partial charge is 0.467 e. The van der Waals surface area contributed by atoms with E-state index in [1.54, 1.807) is 11.8 Å². The number of rotatable bonds is 1. The topological polar surface area (TPSA) is 46.6 Å². The minimum absolute atomic E-state index is 0.0737. The van der Waals surface area contributed by atoms with E-state index in [-0.39, 0.29) is 17.9 Å². The van der Waals surface area contributed by atoms with Crippen molar-refractivity contribution in [3.05, 3.63) is 0 Å². The van der Waals surface area contributed by atoms with Crippen molar-refractivity contribution in [2.75, 3.05) is 18.7 Å². The lowest BCUT2D eigenvalue weighted by Crippen LogP contribution is -2.41. The molecule has 0 aromatic carbocycles. The predicted molar refractivity (Wildman–Crippen MR) is 45.6 cm³/mol. The van der Waals surface area contributed by atoms with Crippen molar-refractivity contribution in [2.24, 2.45) is 0 Å². The van der Waals surface area contributed by atoms with E-state index in [0.717, 1.165) is 0 Å². The number of nitrogens with zero attached hydrogens (tertiary/aromatic N) is 1. The van der Waals surface area contributed by atoms with E-state index in [4.69, 9.17) is 0 Å². The highest BCUT2D eigenvalue weighted by atomic mass is 32.2. The first-order chi connectivity index (χ1) is 5.66. The van der Waals surface area contributed by atoms with Crippen LogP contribution in [-0.2, 0) is 14.3 Å². The molecule has 0 radical (unpaired) electrons. The summed E-state index contributed by atoms with van der Waals surface area (Å²) < 4.78 is 4.57. The van der Waals surface area contributed by atoms with Gasteiger partial charge in [0.1, 0.15) is 6.04 Å². The van der Waals surface area contributed by atoms with Crippen molar-refractivity contribution in [3.63, 3.8) is 0 Å². The van der Waals surface area contributed by atoms with Crippen LogP contribution in [0.3, 0.4) is 0 Å². The zero-order chi connectivity index (χ0) is 9.14. The van der Waals surface area contributed by atoms with Crippen LogP contribution in [0.2, 0.25) is 0 Å². The molecule has 0 bridgehead atoms. The van der Waals surface area contributed by atoms with Gasteiger partial charge < -0.3 is 9.64 Å². The van der Waals surface area contributed by atoms with Crippen LogP contribution in [-0.4, -0.2) is 41.6 Å². The molecule has 1 amide bonds. The van der Waals surface area contributed by atoms with Gasteiger partial charge in [-0.3, -0.25) is 4.79 Å². The Morgan fingerprint density at radius 1 is 1.58 bits per heavy atom. The zero-order valence-corrected chi connectivity index (χ0v) is 7.89. The van der Waals surface area contributed by atoms with Gasteiger partial charge in [-0.1, -0.05) is 0 Å². The number of ether oxygens (including phenoxy) is 1. The Hall–Kier alpha value is -0.710. The van der Waals surface area contributed by atoms with Gasteiger partial charge >= 0.3 is 5.97 Å². The normalized spacial score (nSPS) is 22.5. The van der Waals surface area contributed by atoms with Crippen LogP contribution in [0.1, 0.15) is 6.92 Å². The number of hydrogen-bond donors (Lipinski definition) is 0. The molecule has 1 fully saturated rings. The first-order valence-electron chi connectivity index (χ1n) is 3.59. The van der Waals surface area contributed by atoms with Gasteiger partial charge in [-0.2, -0.15) is 0 Å². The van der Waals surface area contributed by atoms with Gasteiger partial charge in [0.25, 0.3) is 0 Å². The second kappa shape index (κ2) is 3.80. The minimum atomic E-state index is -0.377. The Balaban J connectivity index is 2.63. The number of carbonyl (C=O) groups is 2. The molecule has 1 atom stereocenters. The molecule has 1 rings (SSSR count). The lowest BCUT2D eigenvalue weighted by atomic mass is 10.3. The molecule has 4 nitrogen and oxygen atoms in total. The highest BCUT2D eigenvalue weighted by Crippen LogP contribution is 2.21. The molecule has 1 aliphatic heterocycles. The molecule has 5 heteroatoms. The summed E-state index contributed by atoms with van der Waals surface area (Å²) in [6, 6.07) is -0.377. The Kier molecular flexibility index (Phi) is 2.97. The summed E-state index contributed by atoms with van der Waals surface area (Å²) in [4.78, 5) is 23.6. The van der Waals surface area contributed by atoms with Gasteiger partial charge in [-0.05, 0) is 0 Å². The fourth-order valence-electron chi connectivity index (χ4n) is 1.08. The number of thioether (sulfide) groups is 1. The van der Waals surface area contributed by atoms with Crippen molar-refractivity contribution in [2.45, 2.75) is 13.0 Å². The molecule has 1 aliphatic rings. The third-order valence-electron chi connectivity index (χ3n) is 1.76. The standard InChI is InChI=1S/C7H11NO3S/c1-5(9)8-4-12-3-6(8)7(10)11-2/h6H,3-4H2,1-2H3. The van der Waals surface area contributed by atoms with Gasteiger partial charge in [0.2, 0.25) is 5.91 Å². The number of amides is 1. The van der Waals surface area contributed by atoms with E-state index in [0.29, 0.717) is 11.6 Å². The summed E-state index contributed by atoms with van der Waals surface area (Å²) >= 11 is 1.57. The fourth-order valence-corrected chi connectivity index (χ4v) is 2.29. The second-order valence-corrected chi connectivity index (χ2v) is 3.53. The molecule has 0 aromatic rings. The lowest BCUT2D eigenvalue weighted by molar-refractivity contribution is -0.149. The van der Waals surface area contributed by atoms with Crippen LogP contribution < -0.4 is 0 Å². The Morgan fingerprint density at radius 2 is 2.25 bits per heavy atom. The van der Waals surface area contributed by atoms with Crippen molar-refractivity contribution >= 4 is 23.6 Å². The van der Waals surface area contributed by atoms with Crippen LogP contribution in [0.25, 0.3) is 0 Å². The summed E-state index contributed by atoms with van der Waals surface area (Å²) in [6.07, 6.45) is 0. The summed E-state index contributed by atoms with van der Waals surface area (Å²) in [5, 5.41) is 0. The Labute approximate surface area is 75.2 Å². The average Bonchev–Trinajstić information content (AvgIpc) is 2.50. The number of methoxy groups -OCH3 is 1. The molecular weight excluding hydrogens is 178 g/mol. The molecule has 1 saturated heterocycles. The van der Waals surface area contributed by atoms with Crippen LogP contribution in [0.15, 0.2) is 0 Å². The fraction of sp³-hybridized carbons (Fsp3) is 0.714. The summed E-state index contributed by atoms with van der Waals surface area (Å²) in [5.41, 5.74) is 0. The highest BCUT2D eigenvalue weighted by molar-refractivity contribution is 7.99. The lowest BCUT2D eigenvalue weighted by Gasteiger charge is -2.19. The molecule has 0 N–H and O–H groups in total. The molecule has 0 aliphatic carbocycles. The Morgan fingerprint density at radius 3 is 2.75 bits per heavy atom.